The van der Waals surface area contributed by atoms with Crippen molar-refractivity contribution < 1.29 is 14.0 Å². The first-order valence-corrected chi connectivity index (χ1v) is 7.05. The van der Waals surface area contributed by atoms with E-state index in [9.17, 15) is 9.59 Å². The van der Waals surface area contributed by atoms with Gasteiger partial charge in [0.05, 0.1) is 6.54 Å². The zero-order valence-electron chi connectivity index (χ0n) is 11.2. The Labute approximate surface area is 120 Å². The molecule has 2 heterocycles. The van der Waals surface area contributed by atoms with Crippen molar-refractivity contribution in [3.8, 4) is 11.5 Å². The molecule has 0 radical (unpaired) electrons. The van der Waals surface area contributed by atoms with E-state index in [1.807, 2.05) is 5.38 Å². The van der Waals surface area contributed by atoms with E-state index in [0.29, 0.717) is 35.3 Å². The molecule has 7 heteroatoms. The molecule has 0 atom stereocenters. The zero-order valence-corrected chi connectivity index (χ0v) is 12.0. The number of anilines is 1. The van der Waals surface area contributed by atoms with Crippen LogP contribution >= 0.6 is 11.3 Å². The Morgan fingerprint density at radius 3 is 2.90 bits per heavy atom. The monoisotopic (exact) mass is 293 g/mol. The number of aromatic nitrogens is 1. The van der Waals surface area contributed by atoms with Crippen molar-refractivity contribution in [2.75, 3.05) is 5.32 Å². The molecule has 2 amide bonds. The number of rotatable bonds is 5. The summed E-state index contributed by atoms with van der Waals surface area (Å²) < 4.78 is 5.58. The minimum atomic E-state index is -0.110. The molecule has 0 unspecified atom stereocenters. The smallest absolute Gasteiger partial charge is 0.225 e. The van der Waals surface area contributed by atoms with Crippen molar-refractivity contribution in [3.63, 3.8) is 0 Å². The van der Waals surface area contributed by atoms with Crippen LogP contribution in [0.15, 0.2) is 21.9 Å². The number of nitrogens with one attached hydrogen (secondary N) is 2. The van der Waals surface area contributed by atoms with Crippen LogP contribution in [0.1, 0.15) is 26.0 Å². The Hall–Kier alpha value is -2.15. The second kappa shape index (κ2) is 6.33. The summed E-state index contributed by atoms with van der Waals surface area (Å²) in [5.74, 6) is 1.08. The normalized spacial score (nSPS) is 10.3. The van der Waals surface area contributed by atoms with Crippen molar-refractivity contribution in [1.29, 1.82) is 0 Å². The van der Waals surface area contributed by atoms with Crippen molar-refractivity contribution in [1.82, 2.24) is 10.3 Å². The van der Waals surface area contributed by atoms with Gasteiger partial charge in [-0.2, -0.15) is 0 Å². The van der Waals surface area contributed by atoms with Crippen molar-refractivity contribution >= 4 is 28.3 Å². The van der Waals surface area contributed by atoms with Crippen LogP contribution in [0.3, 0.4) is 0 Å². The molecule has 6 nitrogen and oxygen atoms in total. The Bertz CT molecular complexity index is 618. The van der Waals surface area contributed by atoms with Gasteiger partial charge in [-0.1, -0.05) is 6.92 Å². The highest BCUT2D eigenvalue weighted by Gasteiger charge is 2.10. The summed E-state index contributed by atoms with van der Waals surface area (Å²) in [4.78, 5) is 26.4. The molecule has 2 N–H and O–H groups in total. The van der Waals surface area contributed by atoms with Gasteiger partial charge in [0.1, 0.15) is 11.5 Å². The number of carbonyl (C=O) groups excluding carboxylic acids is 2. The Balaban J connectivity index is 2.04. The molecular formula is C13H15N3O3S. The van der Waals surface area contributed by atoms with E-state index in [1.165, 1.54) is 18.3 Å². The lowest BCUT2D eigenvalue weighted by Gasteiger charge is -1.97. The molecule has 0 saturated heterocycles. The molecule has 2 rings (SSSR count). The highest BCUT2D eigenvalue weighted by Crippen LogP contribution is 2.26. The van der Waals surface area contributed by atoms with E-state index in [0.717, 1.165) is 0 Å². The van der Waals surface area contributed by atoms with E-state index >= 15 is 0 Å². The first-order valence-electron chi connectivity index (χ1n) is 6.17. The largest absolute Gasteiger partial charge is 0.458 e. The summed E-state index contributed by atoms with van der Waals surface area (Å²) >= 11 is 1.34. The third-order valence-corrected chi connectivity index (χ3v) is 3.26. The second-order valence-electron chi connectivity index (χ2n) is 4.12. The van der Waals surface area contributed by atoms with Crippen LogP contribution in [0.2, 0.25) is 0 Å². The molecule has 106 valence electrons. The van der Waals surface area contributed by atoms with E-state index in [2.05, 4.69) is 15.6 Å². The third kappa shape index (κ3) is 3.67. The fraction of sp³-hybridized carbons (Fsp3) is 0.308. The minimum absolute atomic E-state index is 0.0725. The van der Waals surface area contributed by atoms with Crippen LogP contribution in [-0.4, -0.2) is 16.8 Å². The number of furan rings is 1. The van der Waals surface area contributed by atoms with Crippen molar-refractivity contribution in [3.05, 3.63) is 23.3 Å². The van der Waals surface area contributed by atoms with Gasteiger partial charge in [0, 0.05) is 18.7 Å². The molecule has 20 heavy (non-hydrogen) atoms. The van der Waals surface area contributed by atoms with E-state index in [1.54, 1.807) is 19.1 Å². The molecule has 2 aromatic rings. The SMILES string of the molecule is CCC(=O)Nc1nc(-c2ccc(CNC(C)=O)o2)cs1. The van der Waals surface area contributed by atoms with Gasteiger partial charge >= 0.3 is 0 Å². The maximum Gasteiger partial charge on any atom is 0.225 e. The lowest BCUT2D eigenvalue weighted by Crippen LogP contribution is -2.18. The van der Waals surface area contributed by atoms with E-state index in [4.69, 9.17) is 4.42 Å². The fourth-order valence-electron chi connectivity index (χ4n) is 1.47. The van der Waals surface area contributed by atoms with Gasteiger partial charge in [0.15, 0.2) is 10.9 Å². The zero-order chi connectivity index (χ0) is 14.5. The van der Waals surface area contributed by atoms with Gasteiger partial charge in [-0.05, 0) is 12.1 Å². The maximum atomic E-state index is 11.3. The predicted octanol–water partition coefficient (Wildman–Crippen LogP) is 2.39. The summed E-state index contributed by atoms with van der Waals surface area (Å²) in [7, 11) is 0. The minimum Gasteiger partial charge on any atom is -0.458 e. The molecule has 0 spiro atoms. The summed E-state index contributed by atoms with van der Waals surface area (Å²) in [5, 5.41) is 7.72. The lowest BCUT2D eigenvalue weighted by atomic mass is 10.3. The molecule has 0 fully saturated rings. The van der Waals surface area contributed by atoms with Crippen LogP contribution in [0.4, 0.5) is 5.13 Å². The topological polar surface area (TPSA) is 84.2 Å². The molecule has 0 bridgehead atoms. The third-order valence-electron chi connectivity index (χ3n) is 2.50. The fourth-order valence-corrected chi connectivity index (χ4v) is 2.19. The summed E-state index contributed by atoms with van der Waals surface area (Å²) in [6.07, 6.45) is 0.413. The Morgan fingerprint density at radius 1 is 1.40 bits per heavy atom. The van der Waals surface area contributed by atoms with Gasteiger partial charge < -0.3 is 15.1 Å². The summed E-state index contributed by atoms with van der Waals surface area (Å²) in [5.41, 5.74) is 0.662. The molecular weight excluding hydrogens is 278 g/mol. The first kappa shape index (κ1) is 14.3. The first-order chi connectivity index (χ1) is 9.58. The number of hydrogen-bond donors (Lipinski definition) is 2. The van der Waals surface area contributed by atoms with Crippen LogP contribution in [0.5, 0.6) is 0 Å². The Kier molecular flexibility index (Phi) is 4.52. The van der Waals surface area contributed by atoms with Gasteiger partial charge in [0.2, 0.25) is 11.8 Å². The summed E-state index contributed by atoms with van der Waals surface area (Å²) in [6.45, 7) is 3.58. The molecule has 0 aromatic carbocycles. The van der Waals surface area contributed by atoms with Gasteiger partial charge in [-0.3, -0.25) is 9.59 Å². The van der Waals surface area contributed by atoms with Crippen molar-refractivity contribution in [2.45, 2.75) is 26.8 Å². The average Bonchev–Trinajstić information content (AvgIpc) is 3.04. The van der Waals surface area contributed by atoms with Gasteiger partial charge in [-0.25, -0.2) is 4.98 Å². The maximum absolute atomic E-state index is 11.3. The summed E-state index contributed by atoms with van der Waals surface area (Å²) in [6, 6.07) is 3.58. The van der Waals surface area contributed by atoms with Crippen LogP contribution in [-0.2, 0) is 16.1 Å². The molecule has 0 aliphatic carbocycles. The molecule has 2 aromatic heterocycles. The quantitative estimate of drug-likeness (QED) is 0.886. The van der Waals surface area contributed by atoms with E-state index < -0.39 is 0 Å². The number of carbonyl (C=O) groups is 2. The van der Waals surface area contributed by atoms with Crippen LogP contribution < -0.4 is 10.6 Å². The van der Waals surface area contributed by atoms with Gasteiger partial charge in [-0.15, -0.1) is 11.3 Å². The highest BCUT2D eigenvalue weighted by molar-refractivity contribution is 7.14. The number of hydrogen-bond acceptors (Lipinski definition) is 5. The lowest BCUT2D eigenvalue weighted by molar-refractivity contribution is -0.119. The Morgan fingerprint density at radius 2 is 2.20 bits per heavy atom. The molecule has 0 aliphatic heterocycles. The van der Waals surface area contributed by atoms with Crippen molar-refractivity contribution in [2.24, 2.45) is 0 Å². The predicted molar refractivity (Wildman–Crippen MR) is 76.3 cm³/mol. The molecule has 0 saturated carbocycles. The average molecular weight is 293 g/mol. The van der Waals surface area contributed by atoms with Crippen LogP contribution in [0, 0.1) is 0 Å². The number of thiazole rings is 1. The standard InChI is InChI=1S/C13H15N3O3S/c1-3-12(18)16-13-15-10(7-20-13)11-5-4-9(19-11)6-14-8(2)17/h4-5,7H,3,6H2,1-2H3,(H,14,17)(H,15,16,18). The molecule has 0 aliphatic rings. The number of nitrogens with zero attached hydrogens (tertiary/aromatic N) is 1. The highest BCUT2D eigenvalue weighted by atomic mass is 32.1. The second-order valence-corrected chi connectivity index (χ2v) is 4.97. The van der Waals surface area contributed by atoms with E-state index in [-0.39, 0.29) is 11.8 Å². The number of amides is 2. The van der Waals surface area contributed by atoms with Gasteiger partial charge in [0.25, 0.3) is 0 Å². The van der Waals surface area contributed by atoms with Crippen LogP contribution in [0.25, 0.3) is 11.5 Å².